The summed E-state index contributed by atoms with van der Waals surface area (Å²) in [4.78, 5) is 0. The van der Waals surface area contributed by atoms with E-state index in [1.807, 2.05) is 6.92 Å². The first-order valence-corrected chi connectivity index (χ1v) is 3.17. The van der Waals surface area contributed by atoms with Crippen molar-refractivity contribution in [3.05, 3.63) is 0 Å². The monoisotopic (exact) mass is 152 g/mol. The lowest BCUT2D eigenvalue weighted by Gasteiger charge is -1.96. The normalized spacial score (nSPS) is 14.5. The van der Waals surface area contributed by atoms with E-state index in [0.29, 0.717) is 5.33 Å². The Labute approximate surface area is 46.5 Å². The number of aliphatic hydroxyl groups excluding tert-OH is 1. The molecule has 1 atom stereocenters. The molecule has 1 nitrogen and oxygen atoms in total. The summed E-state index contributed by atoms with van der Waals surface area (Å²) in [5, 5.41) is 9.32. The van der Waals surface area contributed by atoms with Gasteiger partial charge >= 0.3 is 0 Å². The lowest BCUT2D eigenvalue weighted by molar-refractivity contribution is 0.196. The molecule has 0 spiro atoms. The van der Waals surface area contributed by atoms with Gasteiger partial charge in [-0.3, -0.25) is 0 Å². The highest BCUT2D eigenvalue weighted by atomic mass is 79.9. The maximum Gasteiger partial charge on any atom is 0.0634 e. The fourth-order valence-corrected chi connectivity index (χ4v) is 0.567. The molecule has 0 aromatic carbocycles. The second-order valence-corrected chi connectivity index (χ2v) is 1.86. The molecule has 0 aliphatic carbocycles. The molecule has 0 saturated heterocycles. The van der Waals surface area contributed by atoms with Gasteiger partial charge in [0, 0.05) is 5.33 Å². The third kappa shape index (κ3) is 2.67. The maximum atomic E-state index is 8.62. The minimum atomic E-state index is -0.148. The lowest BCUT2D eigenvalue weighted by Crippen LogP contribution is -2.03. The van der Waals surface area contributed by atoms with Gasteiger partial charge in [0.05, 0.1) is 6.10 Å². The molecular weight excluding hydrogens is 144 g/mol. The van der Waals surface area contributed by atoms with Crippen LogP contribution in [0.5, 0.6) is 0 Å². The molecule has 0 unspecified atom stereocenters. The molecule has 0 radical (unpaired) electrons. The molecule has 6 heavy (non-hydrogen) atoms. The van der Waals surface area contributed by atoms with Crippen molar-refractivity contribution in [3.8, 4) is 0 Å². The SMILES string of the molecule is CC[C@H](O)CBr. The Bertz CT molecular complexity index is 26.7. The standard InChI is InChI=1S/C4H9BrO/c1-2-4(6)3-5/h4,6H,2-3H2,1H3/t4-/m0/s1. The quantitative estimate of drug-likeness (QED) is 0.590. The number of halogens is 1. The fraction of sp³-hybridized carbons (Fsp3) is 1.00. The van der Waals surface area contributed by atoms with E-state index in [0.717, 1.165) is 6.42 Å². The van der Waals surface area contributed by atoms with E-state index >= 15 is 0 Å². The number of alkyl halides is 1. The second kappa shape index (κ2) is 3.62. The third-order valence-electron chi connectivity index (χ3n) is 0.649. The van der Waals surface area contributed by atoms with Crippen LogP contribution in [0.4, 0.5) is 0 Å². The Morgan fingerprint density at radius 2 is 2.33 bits per heavy atom. The summed E-state index contributed by atoms with van der Waals surface area (Å²) in [6, 6.07) is 0. The molecule has 0 rings (SSSR count). The predicted octanol–water partition coefficient (Wildman–Crippen LogP) is 1.15. The highest BCUT2D eigenvalue weighted by Gasteiger charge is 1.92. The zero-order valence-electron chi connectivity index (χ0n) is 3.82. The Kier molecular flexibility index (Phi) is 3.89. The first kappa shape index (κ1) is 6.44. The molecule has 0 aromatic rings. The second-order valence-electron chi connectivity index (χ2n) is 1.22. The summed E-state index contributed by atoms with van der Waals surface area (Å²) in [6.07, 6.45) is 0.690. The summed E-state index contributed by atoms with van der Waals surface area (Å²) in [6.45, 7) is 1.95. The highest BCUT2D eigenvalue weighted by molar-refractivity contribution is 9.09. The lowest BCUT2D eigenvalue weighted by atomic mass is 10.3. The van der Waals surface area contributed by atoms with E-state index in [-0.39, 0.29) is 6.10 Å². The summed E-state index contributed by atoms with van der Waals surface area (Å²) >= 11 is 3.12. The molecule has 0 aliphatic heterocycles. The Morgan fingerprint density at radius 1 is 1.83 bits per heavy atom. The van der Waals surface area contributed by atoms with Crippen LogP contribution in [0.3, 0.4) is 0 Å². The predicted molar refractivity (Wildman–Crippen MR) is 30.1 cm³/mol. The van der Waals surface area contributed by atoms with Crippen LogP contribution in [-0.4, -0.2) is 16.5 Å². The van der Waals surface area contributed by atoms with Gasteiger partial charge in [0.1, 0.15) is 0 Å². The van der Waals surface area contributed by atoms with E-state index in [2.05, 4.69) is 15.9 Å². The third-order valence-corrected chi connectivity index (χ3v) is 1.40. The molecule has 0 aromatic heterocycles. The van der Waals surface area contributed by atoms with Crippen LogP contribution in [0.15, 0.2) is 0 Å². The van der Waals surface area contributed by atoms with Crippen molar-refractivity contribution in [1.29, 1.82) is 0 Å². The van der Waals surface area contributed by atoms with E-state index in [9.17, 15) is 0 Å². The summed E-state index contributed by atoms with van der Waals surface area (Å²) in [7, 11) is 0. The maximum absolute atomic E-state index is 8.62. The van der Waals surface area contributed by atoms with E-state index < -0.39 is 0 Å². The van der Waals surface area contributed by atoms with E-state index in [1.165, 1.54) is 0 Å². The number of hydrogen-bond donors (Lipinski definition) is 1. The van der Waals surface area contributed by atoms with Gasteiger partial charge < -0.3 is 5.11 Å². The van der Waals surface area contributed by atoms with Crippen molar-refractivity contribution < 1.29 is 5.11 Å². The van der Waals surface area contributed by atoms with Crippen molar-refractivity contribution in [3.63, 3.8) is 0 Å². The molecule has 0 bridgehead atoms. The van der Waals surface area contributed by atoms with Gasteiger partial charge in [0.15, 0.2) is 0 Å². The Hall–Kier alpha value is 0.440. The average molecular weight is 153 g/mol. The average Bonchev–Trinajstić information content (AvgIpc) is 1.65. The van der Waals surface area contributed by atoms with Gasteiger partial charge in [-0.25, -0.2) is 0 Å². The minimum absolute atomic E-state index is 0.148. The first-order valence-electron chi connectivity index (χ1n) is 2.05. The van der Waals surface area contributed by atoms with Gasteiger partial charge in [-0.1, -0.05) is 22.9 Å². The number of aliphatic hydroxyl groups is 1. The van der Waals surface area contributed by atoms with Crippen LogP contribution in [0.1, 0.15) is 13.3 Å². The van der Waals surface area contributed by atoms with Crippen molar-refractivity contribution in [2.45, 2.75) is 19.4 Å². The number of hydrogen-bond acceptors (Lipinski definition) is 1. The van der Waals surface area contributed by atoms with Crippen molar-refractivity contribution in [2.24, 2.45) is 0 Å². The van der Waals surface area contributed by atoms with Crippen molar-refractivity contribution in [2.75, 3.05) is 5.33 Å². The Morgan fingerprint density at radius 3 is 2.33 bits per heavy atom. The van der Waals surface area contributed by atoms with Crippen LogP contribution in [-0.2, 0) is 0 Å². The van der Waals surface area contributed by atoms with Crippen molar-refractivity contribution in [1.82, 2.24) is 0 Å². The van der Waals surface area contributed by atoms with E-state index in [1.54, 1.807) is 0 Å². The van der Waals surface area contributed by atoms with Gasteiger partial charge in [-0.05, 0) is 6.42 Å². The van der Waals surface area contributed by atoms with Crippen LogP contribution in [0.2, 0.25) is 0 Å². The molecule has 0 amide bonds. The minimum Gasteiger partial charge on any atom is -0.392 e. The molecular formula is C4H9BrO. The van der Waals surface area contributed by atoms with Crippen LogP contribution in [0, 0.1) is 0 Å². The topological polar surface area (TPSA) is 20.2 Å². The van der Waals surface area contributed by atoms with Crippen LogP contribution in [0.25, 0.3) is 0 Å². The van der Waals surface area contributed by atoms with Gasteiger partial charge in [-0.2, -0.15) is 0 Å². The van der Waals surface area contributed by atoms with Crippen molar-refractivity contribution >= 4 is 15.9 Å². The highest BCUT2D eigenvalue weighted by Crippen LogP contribution is 1.92. The number of rotatable bonds is 2. The summed E-state index contributed by atoms with van der Waals surface area (Å²) < 4.78 is 0. The molecule has 38 valence electrons. The molecule has 1 N–H and O–H groups in total. The van der Waals surface area contributed by atoms with Gasteiger partial charge in [0.2, 0.25) is 0 Å². The smallest absolute Gasteiger partial charge is 0.0634 e. The van der Waals surface area contributed by atoms with Gasteiger partial charge in [0.25, 0.3) is 0 Å². The molecule has 0 fully saturated rings. The van der Waals surface area contributed by atoms with Gasteiger partial charge in [-0.15, -0.1) is 0 Å². The summed E-state index contributed by atoms with van der Waals surface area (Å²) in [5.74, 6) is 0. The fourth-order valence-electron chi connectivity index (χ4n) is 0.109. The summed E-state index contributed by atoms with van der Waals surface area (Å²) in [5.41, 5.74) is 0. The zero-order valence-corrected chi connectivity index (χ0v) is 5.40. The van der Waals surface area contributed by atoms with Crippen LogP contribution < -0.4 is 0 Å². The molecule has 2 heteroatoms. The van der Waals surface area contributed by atoms with Crippen LogP contribution >= 0.6 is 15.9 Å². The Balaban J connectivity index is 2.75. The molecule has 0 saturated carbocycles. The first-order chi connectivity index (χ1) is 2.81. The molecule has 0 aliphatic rings. The molecule has 0 heterocycles. The van der Waals surface area contributed by atoms with E-state index in [4.69, 9.17) is 5.11 Å². The largest absolute Gasteiger partial charge is 0.392 e. The zero-order chi connectivity index (χ0) is 4.99.